The van der Waals surface area contributed by atoms with E-state index >= 15 is 0 Å². The van der Waals surface area contributed by atoms with Crippen LogP contribution in [-0.4, -0.2) is 12.1 Å². The van der Waals surface area contributed by atoms with E-state index < -0.39 is 5.03 Å². The molecule has 6 heavy (non-hydrogen) atoms. The molecule has 5 nitrogen and oxygen atoms in total. The highest BCUT2D eigenvalue weighted by atomic mass is 16.7. The number of nitrogens with zero attached hydrogens (tertiary/aromatic N) is 2. The Morgan fingerprint density at radius 3 is 2.00 bits per heavy atom. The number of nitro groups is 1. The topological polar surface area (TPSA) is 93.7 Å². The summed E-state index contributed by atoms with van der Waals surface area (Å²) in [7, 11) is 1.12. The molecule has 5 heteroatoms. The quantitative estimate of drug-likeness (QED) is 0.378. The maximum atomic E-state index is 9.01. The Bertz CT molecular complexity index is 44.1. The van der Waals surface area contributed by atoms with Crippen LogP contribution < -0.4 is 6.15 Å². The number of hydrogen-bond acceptors (Lipinski definition) is 2. The highest BCUT2D eigenvalue weighted by Crippen LogP contribution is 1.70. The largest absolute Gasteiger partial charge is 0.382 e. The highest BCUT2D eigenvalue weighted by molar-refractivity contribution is 4.37. The van der Waals surface area contributed by atoms with E-state index in [1.54, 1.807) is 0 Å². The van der Waals surface area contributed by atoms with Crippen LogP contribution in [0.5, 0.6) is 0 Å². The maximum absolute atomic E-state index is 9.01. The molecule has 0 aromatic carbocycles. The zero-order valence-electron chi connectivity index (χ0n) is 3.71. The van der Waals surface area contributed by atoms with Crippen LogP contribution in [0, 0.1) is 10.1 Å². The van der Waals surface area contributed by atoms with Gasteiger partial charge < -0.3 is 11.6 Å². The molecule has 0 saturated heterocycles. The summed E-state index contributed by atoms with van der Waals surface area (Å²) in [6.07, 6.45) is 0. The summed E-state index contributed by atoms with van der Waals surface area (Å²) < 4.78 is 0. The van der Waals surface area contributed by atoms with Gasteiger partial charge in [0.1, 0.15) is 0 Å². The second-order valence-electron chi connectivity index (χ2n) is 0.438. The first-order valence-corrected chi connectivity index (χ1v) is 1.01. The molecule has 0 aromatic heterocycles. The van der Waals surface area contributed by atoms with Gasteiger partial charge >= 0.3 is 0 Å². The van der Waals surface area contributed by atoms with Crippen molar-refractivity contribution in [3.8, 4) is 0 Å². The van der Waals surface area contributed by atoms with Gasteiger partial charge in [-0.1, -0.05) is 7.05 Å². The SMILES string of the molecule is C[N-][N+](=O)[O-].[NH4+]. The zero-order chi connectivity index (χ0) is 4.28. The third-order valence-electron chi connectivity index (χ3n) is 0.163. The Morgan fingerprint density at radius 2 is 2.00 bits per heavy atom. The van der Waals surface area contributed by atoms with Crippen molar-refractivity contribution in [2.24, 2.45) is 0 Å². The lowest BCUT2D eigenvalue weighted by molar-refractivity contribution is -0.423. The molecular weight excluding hydrogens is 86.0 g/mol. The molecule has 0 amide bonds. The average molecular weight is 93.1 g/mol. The van der Waals surface area contributed by atoms with Crippen LogP contribution in [0.2, 0.25) is 0 Å². The molecule has 0 radical (unpaired) electrons. The van der Waals surface area contributed by atoms with Crippen LogP contribution in [0.25, 0.3) is 5.43 Å². The minimum Gasteiger partial charge on any atom is -0.382 e. The molecule has 0 unspecified atom stereocenters. The van der Waals surface area contributed by atoms with Gasteiger partial charge in [0.05, 0.1) is 0 Å². The van der Waals surface area contributed by atoms with Crippen LogP contribution in [0.1, 0.15) is 0 Å². The molecule has 0 aliphatic rings. The van der Waals surface area contributed by atoms with E-state index in [0.29, 0.717) is 0 Å². The number of quaternary nitrogens is 1. The lowest BCUT2D eigenvalue weighted by atomic mass is 11.5. The second-order valence-corrected chi connectivity index (χ2v) is 0.438. The van der Waals surface area contributed by atoms with Gasteiger partial charge in [0.25, 0.3) is 0 Å². The lowest BCUT2D eigenvalue weighted by Crippen LogP contribution is -1.82. The molecule has 0 aliphatic heterocycles. The van der Waals surface area contributed by atoms with Gasteiger partial charge in [-0.3, -0.25) is 10.1 Å². The lowest BCUT2D eigenvalue weighted by Gasteiger charge is -1.92. The molecule has 0 aliphatic carbocycles. The van der Waals surface area contributed by atoms with Crippen molar-refractivity contribution in [1.82, 2.24) is 6.15 Å². The molecule has 0 saturated carbocycles. The van der Waals surface area contributed by atoms with Crippen molar-refractivity contribution in [1.29, 1.82) is 0 Å². The van der Waals surface area contributed by atoms with E-state index in [0.717, 1.165) is 7.05 Å². The number of hydrogen-bond donors (Lipinski definition) is 1. The Labute approximate surface area is 35.0 Å². The van der Waals surface area contributed by atoms with Gasteiger partial charge in [-0.25, -0.2) is 0 Å². The van der Waals surface area contributed by atoms with E-state index in [2.05, 4.69) is 5.43 Å². The van der Waals surface area contributed by atoms with Gasteiger partial charge in [0, 0.05) is 0 Å². The molecular formula is CH7N3O2. The van der Waals surface area contributed by atoms with Crippen molar-refractivity contribution in [3.63, 3.8) is 0 Å². The molecule has 0 heterocycles. The van der Waals surface area contributed by atoms with E-state index in [-0.39, 0.29) is 6.15 Å². The van der Waals surface area contributed by atoms with Gasteiger partial charge in [-0.05, 0) is 5.03 Å². The predicted molar refractivity (Wildman–Crippen MR) is 22.3 cm³/mol. The second kappa shape index (κ2) is 4.16. The monoisotopic (exact) mass is 93.1 g/mol. The first kappa shape index (κ1) is 8.94. The fourth-order valence-electron chi connectivity index (χ4n) is 0. The normalized spacial score (nSPS) is 5.50. The average Bonchev–Trinajstić information content (AvgIpc) is 1.38. The van der Waals surface area contributed by atoms with Crippen molar-refractivity contribution in [2.75, 3.05) is 7.05 Å². The third-order valence-corrected chi connectivity index (χ3v) is 0.163. The number of rotatable bonds is 1. The van der Waals surface area contributed by atoms with Crippen LogP contribution in [-0.2, 0) is 0 Å². The van der Waals surface area contributed by atoms with Gasteiger partial charge in [0.2, 0.25) is 0 Å². The van der Waals surface area contributed by atoms with E-state index in [1.807, 2.05) is 0 Å². The third kappa shape index (κ3) is 11.0. The fraction of sp³-hybridized carbons (Fsp3) is 1.00. The van der Waals surface area contributed by atoms with Crippen LogP contribution >= 0.6 is 0 Å². The molecule has 0 aromatic rings. The predicted octanol–water partition coefficient (Wildman–Crippen LogP) is 0.558. The van der Waals surface area contributed by atoms with E-state index in [1.165, 1.54) is 0 Å². The minimum absolute atomic E-state index is 0. The minimum atomic E-state index is -0.750. The van der Waals surface area contributed by atoms with Crippen LogP contribution in [0.15, 0.2) is 0 Å². The summed E-state index contributed by atoms with van der Waals surface area (Å²) in [5.74, 6) is 0. The molecule has 0 atom stereocenters. The summed E-state index contributed by atoms with van der Waals surface area (Å²) in [6.45, 7) is 0. The van der Waals surface area contributed by atoms with Crippen molar-refractivity contribution >= 4 is 0 Å². The smallest absolute Gasteiger partial charge is 0.0129 e. The molecule has 4 N–H and O–H groups in total. The van der Waals surface area contributed by atoms with Gasteiger partial charge in [-0.15, -0.1) is 0 Å². The van der Waals surface area contributed by atoms with Gasteiger partial charge in [0.15, 0.2) is 0 Å². The highest BCUT2D eigenvalue weighted by Gasteiger charge is 1.56. The van der Waals surface area contributed by atoms with E-state index in [4.69, 9.17) is 10.1 Å². The molecule has 0 bridgehead atoms. The van der Waals surface area contributed by atoms with Crippen molar-refractivity contribution in [2.45, 2.75) is 0 Å². The Hall–Kier alpha value is -0.840. The summed E-state index contributed by atoms with van der Waals surface area (Å²) in [5.41, 5.74) is 2.61. The summed E-state index contributed by atoms with van der Waals surface area (Å²) >= 11 is 0. The molecule has 0 spiro atoms. The Balaban J connectivity index is 0. The molecule has 0 rings (SSSR count). The Kier molecular flexibility index (Phi) is 6.20. The summed E-state index contributed by atoms with van der Waals surface area (Å²) in [6, 6.07) is 0. The first-order chi connectivity index (χ1) is 2.27. The van der Waals surface area contributed by atoms with Crippen LogP contribution in [0.4, 0.5) is 0 Å². The summed E-state index contributed by atoms with van der Waals surface area (Å²) in [4.78, 5) is 9.01. The molecule has 38 valence electrons. The van der Waals surface area contributed by atoms with Gasteiger partial charge in [-0.2, -0.15) is 0 Å². The van der Waals surface area contributed by atoms with E-state index in [9.17, 15) is 0 Å². The first-order valence-electron chi connectivity index (χ1n) is 1.01. The van der Waals surface area contributed by atoms with Crippen molar-refractivity contribution < 1.29 is 5.03 Å². The maximum Gasteiger partial charge on any atom is -0.0129 e. The summed E-state index contributed by atoms with van der Waals surface area (Å²) in [5, 5.41) is 8.26. The zero-order valence-corrected chi connectivity index (χ0v) is 3.71. The fourth-order valence-corrected chi connectivity index (χ4v) is 0. The van der Waals surface area contributed by atoms with Crippen LogP contribution in [0.3, 0.4) is 0 Å². The van der Waals surface area contributed by atoms with Crippen molar-refractivity contribution in [3.05, 3.63) is 15.5 Å². The Morgan fingerprint density at radius 1 is 1.83 bits per heavy atom. The standard InChI is InChI=1S/CH3N2O2.H3N/c1-2-3(4)5;/h1H3;1H3/q-1;/p+1. The molecule has 0 fully saturated rings.